The Morgan fingerprint density at radius 2 is 2.12 bits per heavy atom. The van der Waals surface area contributed by atoms with Crippen molar-refractivity contribution in [3.05, 3.63) is 27.4 Å². The van der Waals surface area contributed by atoms with Gasteiger partial charge in [0.15, 0.2) is 11.6 Å². The minimum atomic E-state index is -0.473. The van der Waals surface area contributed by atoms with Gasteiger partial charge in [0.1, 0.15) is 6.61 Å². The molecule has 0 saturated heterocycles. The Labute approximate surface area is 113 Å². The van der Waals surface area contributed by atoms with E-state index in [2.05, 4.69) is 15.9 Å². The molecule has 16 heavy (non-hydrogen) atoms. The van der Waals surface area contributed by atoms with E-state index >= 15 is 0 Å². The van der Waals surface area contributed by atoms with Crippen LogP contribution in [-0.2, 0) is 0 Å². The second-order valence-corrected chi connectivity index (χ2v) is 5.14. The maximum Gasteiger partial charge on any atom is 0.169 e. The lowest BCUT2D eigenvalue weighted by atomic mass is 10.3. The summed E-state index contributed by atoms with van der Waals surface area (Å²) in [5.74, 6) is -0.297. The molecule has 1 aliphatic carbocycles. The van der Waals surface area contributed by atoms with E-state index in [1.807, 2.05) is 0 Å². The van der Waals surface area contributed by atoms with Crippen LogP contribution in [0.5, 0.6) is 5.75 Å². The van der Waals surface area contributed by atoms with Gasteiger partial charge < -0.3 is 10.5 Å². The zero-order chi connectivity index (χ0) is 11.1. The summed E-state index contributed by atoms with van der Waals surface area (Å²) >= 11 is 8.87. The van der Waals surface area contributed by atoms with E-state index in [4.69, 9.17) is 22.1 Å². The van der Waals surface area contributed by atoms with E-state index in [1.165, 1.54) is 6.07 Å². The van der Waals surface area contributed by atoms with Crippen molar-refractivity contribution in [3.63, 3.8) is 0 Å². The Bertz CT molecular complexity index is 375. The van der Waals surface area contributed by atoms with Gasteiger partial charge in [-0.3, -0.25) is 0 Å². The van der Waals surface area contributed by atoms with E-state index in [1.54, 1.807) is 6.07 Å². The first-order valence-corrected chi connectivity index (χ1v) is 5.73. The molecular formula is C10H11BrCl2FNO. The standard InChI is InChI=1S/C10H10BrClFNO.ClH/c11-7-3-6(12)4-8(13)9(7)15-5-10(14)1-2-10;/h3-4H,1-2,5,14H2;1H. The second-order valence-electron chi connectivity index (χ2n) is 3.85. The van der Waals surface area contributed by atoms with Crippen LogP contribution in [0.15, 0.2) is 16.6 Å². The molecule has 1 fully saturated rings. The SMILES string of the molecule is Cl.NC1(COc2c(F)cc(Cl)cc2Br)CC1. The van der Waals surface area contributed by atoms with Crippen molar-refractivity contribution in [1.29, 1.82) is 0 Å². The van der Waals surface area contributed by atoms with Gasteiger partial charge >= 0.3 is 0 Å². The van der Waals surface area contributed by atoms with Crippen LogP contribution in [0, 0.1) is 5.82 Å². The van der Waals surface area contributed by atoms with E-state index in [-0.39, 0.29) is 23.7 Å². The van der Waals surface area contributed by atoms with Crippen molar-refractivity contribution in [2.45, 2.75) is 18.4 Å². The summed E-state index contributed by atoms with van der Waals surface area (Å²) in [5.41, 5.74) is 5.58. The lowest BCUT2D eigenvalue weighted by Gasteiger charge is -2.13. The largest absolute Gasteiger partial charge is 0.487 e. The van der Waals surface area contributed by atoms with E-state index in [0.717, 1.165) is 12.8 Å². The molecule has 2 nitrogen and oxygen atoms in total. The highest BCUT2D eigenvalue weighted by atomic mass is 79.9. The second kappa shape index (κ2) is 5.08. The van der Waals surface area contributed by atoms with Crippen molar-refractivity contribution >= 4 is 39.9 Å². The Kier molecular flexibility index (Phi) is 4.46. The summed E-state index contributed by atoms with van der Waals surface area (Å²) < 4.78 is 19.3. The fourth-order valence-corrected chi connectivity index (χ4v) is 2.07. The predicted octanol–water partition coefficient (Wildman–Crippen LogP) is 3.53. The van der Waals surface area contributed by atoms with Crippen molar-refractivity contribution in [2.75, 3.05) is 6.61 Å². The number of hydrogen-bond acceptors (Lipinski definition) is 2. The predicted molar refractivity (Wildman–Crippen MR) is 68.0 cm³/mol. The third-order valence-corrected chi connectivity index (χ3v) is 3.17. The molecule has 0 amide bonds. The van der Waals surface area contributed by atoms with Crippen LogP contribution in [0.25, 0.3) is 0 Å². The summed E-state index contributed by atoms with van der Waals surface area (Å²) in [6.07, 6.45) is 1.86. The average Bonchev–Trinajstić information content (AvgIpc) is 2.82. The molecule has 0 unspecified atom stereocenters. The van der Waals surface area contributed by atoms with Gasteiger partial charge in [-0.25, -0.2) is 4.39 Å². The third-order valence-electron chi connectivity index (χ3n) is 2.36. The van der Waals surface area contributed by atoms with Crippen LogP contribution < -0.4 is 10.5 Å². The molecule has 0 aromatic heterocycles. The number of nitrogens with two attached hydrogens (primary N) is 1. The first-order valence-electron chi connectivity index (χ1n) is 4.56. The third kappa shape index (κ3) is 3.23. The van der Waals surface area contributed by atoms with Gasteiger partial charge in [0.25, 0.3) is 0 Å². The zero-order valence-corrected chi connectivity index (χ0v) is 11.5. The van der Waals surface area contributed by atoms with Crippen LogP contribution in [0.1, 0.15) is 12.8 Å². The first kappa shape index (κ1) is 14.0. The number of ether oxygens (including phenoxy) is 1. The normalized spacial score (nSPS) is 16.5. The highest BCUT2D eigenvalue weighted by molar-refractivity contribution is 9.10. The number of rotatable bonds is 3. The molecule has 6 heteroatoms. The van der Waals surface area contributed by atoms with Crippen LogP contribution in [-0.4, -0.2) is 12.1 Å². The van der Waals surface area contributed by atoms with E-state index < -0.39 is 5.82 Å². The van der Waals surface area contributed by atoms with Crippen molar-refractivity contribution in [3.8, 4) is 5.75 Å². The van der Waals surface area contributed by atoms with Gasteiger partial charge in [-0.15, -0.1) is 12.4 Å². The number of benzene rings is 1. The van der Waals surface area contributed by atoms with Crippen molar-refractivity contribution in [2.24, 2.45) is 5.73 Å². The van der Waals surface area contributed by atoms with Gasteiger partial charge in [-0.05, 0) is 40.9 Å². The summed E-state index contributed by atoms with van der Waals surface area (Å²) in [6, 6.07) is 2.81. The smallest absolute Gasteiger partial charge is 0.169 e. The molecule has 1 saturated carbocycles. The molecule has 2 rings (SSSR count). The fraction of sp³-hybridized carbons (Fsp3) is 0.400. The molecule has 0 heterocycles. The molecule has 0 atom stereocenters. The van der Waals surface area contributed by atoms with Crippen LogP contribution in [0.2, 0.25) is 5.02 Å². The lowest BCUT2D eigenvalue weighted by molar-refractivity contribution is 0.265. The molecule has 2 N–H and O–H groups in total. The molecule has 1 aliphatic rings. The minimum Gasteiger partial charge on any atom is -0.487 e. The lowest BCUT2D eigenvalue weighted by Crippen LogP contribution is -2.30. The summed E-state index contributed by atoms with van der Waals surface area (Å²) in [4.78, 5) is 0. The quantitative estimate of drug-likeness (QED) is 0.920. The Morgan fingerprint density at radius 1 is 1.50 bits per heavy atom. The molecule has 0 spiro atoms. The molecule has 0 aliphatic heterocycles. The van der Waals surface area contributed by atoms with Crippen molar-refractivity contribution < 1.29 is 9.13 Å². The molecule has 1 aromatic carbocycles. The van der Waals surface area contributed by atoms with Gasteiger partial charge in [0, 0.05) is 5.02 Å². The van der Waals surface area contributed by atoms with Gasteiger partial charge in [0.05, 0.1) is 10.0 Å². The Morgan fingerprint density at radius 3 is 2.62 bits per heavy atom. The maximum atomic E-state index is 13.4. The van der Waals surface area contributed by atoms with E-state index in [0.29, 0.717) is 16.1 Å². The van der Waals surface area contributed by atoms with Crippen LogP contribution in [0.4, 0.5) is 4.39 Å². The summed E-state index contributed by atoms with van der Waals surface area (Å²) in [5, 5.41) is 0.334. The number of halogens is 4. The molecule has 1 aromatic rings. The Hall–Kier alpha value is -0.0300. The zero-order valence-electron chi connectivity index (χ0n) is 8.30. The monoisotopic (exact) mass is 329 g/mol. The maximum absolute atomic E-state index is 13.4. The topological polar surface area (TPSA) is 35.2 Å². The Balaban J connectivity index is 0.00000128. The first-order chi connectivity index (χ1) is 7.00. The van der Waals surface area contributed by atoms with Crippen LogP contribution >= 0.6 is 39.9 Å². The molecule has 0 radical (unpaired) electrons. The fourth-order valence-electron chi connectivity index (χ4n) is 1.19. The van der Waals surface area contributed by atoms with E-state index in [9.17, 15) is 4.39 Å². The van der Waals surface area contributed by atoms with Gasteiger partial charge in [0.2, 0.25) is 0 Å². The molecule has 0 bridgehead atoms. The number of hydrogen-bond donors (Lipinski definition) is 1. The molecular weight excluding hydrogens is 320 g/mol. The highest BCUT2D eigenvalue weighted by Crippen LogP contribution is 2.36. The summed E-state index contributed by atoms with van der Waals surface area (Å²) in [6.45, 7) is 0.337. The average molecular weight is 331 g/mol. The van der Waals surface area contributed by atoms with Crippen molar-refractivity contribution in [1.82, 2.24) is 0 Å². The van der Waals surface area contributed by atoms with Gasteiger partial charge in [-0.2, -0.15) is 0 Å². The highest BCUT2D eigenvalue weighted by Gasteiger charge is 2.39. The molecule has 90 valence electrons. The van der Waals surface area contributed by atoms with Crippen LogP contribution in [0.3, 0.4) is 0 Å². The summed E-state index contributed by atoms with van der Waals surface area (Å²) in [7, 11) is 0. The minimum absolute atomic E-state index is 0. The van der Waals surface area contributed by atoms with Gasteiger partial charge in [-0.1, -0.05) is 11.6 Å².